The topological polar surface area (TPSA) is 248 Å². The van der Waals surface area contributed by atoms with E-state index in [0.29, 0.717) is 42.8 Å². The molecule has 11 N–H and O–H groups in total. The summed E-state index contributed by atoms with van der Waals surface area (Å²) < 4.78 is 86.3. The van der Waals surface area contributed by atoms with Crippen LogP contribution in [0.1, 0.15) is 86.8 Å². The molecule has 4 aliphatic heterocycles. The van der Waals surface area contributed by atoms with Gasteiger partial charge in [-0.25, -0.2) is 0 Å². The largest absolute Gasteiger partial charge is 0.499 e. The summed E-state index contributed by atoms with van der Waals surface area (Å²) in [5.74, 6) is -1.07. The van der Waals surface area contributed by atoms with Gasteiger partial charge in [0.1, 0.15) is 6.61 Å². The molecule has 0 bridgehead atoms. The van der Waals surface area contributed by atoms with E-state index in [-0.39, 0.29) is 80.1 Å². The molecular formula is C45H58F6N6O9. The molecule has 7 rings (SSSR count). The van der Waals surface area contributed by atoms with Crippen LogP contribution in [0.15, 0.2) is 85.1 Å². The lowest BCUT2D eigenvalue weighted by Crippen LogP contribution is -2.47. The molecule has 4 heterocycles. The number of halogens is 6. The average molecular weight is 941 g/mol. The van der Waals surface area contributed by atoms with Gasteiger partial charge in [-0.3, -0.25) is 19.2 Å². The maximum Gasteiger partial charge on any atom is 0.416 e. The molecule has 2 saturated heterocycles. The van der Waals surface area contributed by atoms with Crippen molar-refractivity contribution in [2.24, 2.45) is 11.7 Å². The Hall–Kier alpha value is -5.90. The summed E-state index contributed by atoms with van der Waals surface area (Å²) in [5.41, 5.74) is 11.6. The Bertz CT molecular complexity index is 2030. The molecule has 0 radical (unpaired) electrons. The van der Waals surface area contributed by atoms with Crippen molar-refractivity contribution in [2.45, 2.75) is 101 Å². The number of carbonyl (C=O) groups is 4. The third-order valence-electron chi connectivity index (χ3n) is 10.2. The number of carbonyl (C=O) groups excluding carboxylic acids is 3. The van der Waals surface area contributed by atoms with Gasteiger partial charge in [-0.2, -0.15) is 26.3 Å². The predicted molar refractivity (Wildman–Crippen MR) is 232 cm³/mol. The van der Waals surface area contributed by atoms with Crippen molar-refractivity contribution < 1.29 is 70.3 Å². The molecular weight excluding hydrogens is 883 g/mol. The van der Waals surface area contributed by atoms with Crippen LogP contribution in [-0.4, -0.2) is 89.6 Å². The van der Waals surface area contributed by atoms with Gasteiger partial charge in [0.15, 0.2) is 0 Å². The van der Waals surface area contributed by atoms with E-state index in [0.717, 1.165) is 36.6 Å². The Morgan fingerprint density at radius 3 is 1.98 bits per heavy atom. The maximum absolute atomic E-state index is 13.2. The number of fused-ring (bicyclic) bond motifs is 3. The minimum absolute atomic E-state index is 0.00361. The number of nitrogens with one attached hydrogen (secondary N) is 4. The van der Waals surface area contributed by atoms with Crippen molar-refractivity contribution in [1.29, 1.82) is 0 Å². The summed E-state index contributed by atoms with van der Waals surface area (Å²) in [4.78, 5) is 42.3. The van der Waals surface area contributed by atoms with Crippen LogP contribution in [0.3, 0.4) is 0 Å². The van der Waals surface area contributed by atoms with Gasteiger partial charge in [0, 0.05) is 55.6 Å². The minimum atomic E-state index is -4.41. The molecule has 364 valence electrons. The van der Waals surface area contributed by atoms with E-state index in [1.165, 1.54) is 38.1 Å². The number of anilines is 2. The highest BCUT2D eigenvalue weighted by molar-refractivity contribution is 5.78. The fourth-order valence-electron chi connectivity index (χ4n) is 7.06. The number of nitrogens with two attached hydrogens (primary N) is 2. The van der Waals surface area contributed by atoms with Crippen LogP contribution in [0.5, 0.6) is 0 Å². The zero-order chi connectivity index (χ0) is 49.0. The first kappa shape index (κ1) is 54.4. The number of aliphatic hydroxyl groups excluding tert-OH is 2. The highest BCUT2D eigenvalue weighted by Gasteiger charge is 2.44. The van der Waals surface area contributed by atoms with Crippen LogP contribution >= 0.6 is 0 Å². The third kappa shape index (κ3) is 18.9. The molecule has 3 unspecified atom stereocenters. The number of aliphatic carboxylic acids is 1. The lowest BCUT2D eigenvalue weighted by atomic mass is 9.76. The van der Waals surface area contributed by atoms with Gasteiger partial charge in [0.25, 0.3) is 0 Å². The Morgan fingerprint density at radius 2 is 1.48 bits per heavy atom. The molecule has 3 aromatic rings. The number of aliphatic hydroxyl groups is 2. The van der Waals surface area contributed by atoms with E-state index in [4.69, 9.17) is 36.3 Å². The van der Waals surface area contributed by atoms with Crippen molar-refractivity contribution >= 4 is 35.1 Å². The van der Waals surface area contributed by atoms with Crippen molar-refractivity contribution in [3.8, 4) is 0 Å². The van der Waals surface area contributed by atoms with E-state index in [1.807, 2.05) is 36.4 Å². The lowest BCUT2D eigenvalue weighted by molar-refractivity contribution is -0.138. The van der Waals surface area contributed by atoms with Crippen LogP contribution in [0.2, 0.25) is 0 Å². The molecule has 0 aliphatic carbocycles. The molecule has 7 atom stereocenters. The first-order valence-corrected chi connectivity index (χ1v) is 21.0. The highest BCUT2D eigenvalue weighted by Crippen LogP contribution is 2.50. The standard InChI is InChI=1S/C21H21F3N2O2.C7H6F3N.C7H11NO2.C5H11NO3.C5H9NO2/c1-12(27)25-15-10-17-19(13-5-3-2-4-6-13)26-18-8-7-14(21(22,23)24)9-16(18)20(17)28-11-15;8-7(9,10)5-1-3-6(11)4-2-5;1-6(9)8-7-3-2-4-10-5-7;6-4(3-7)1-2-5(8)9;7-3-4-1-2-5(8)6-4/h2-9,15,17,19-20,26H,10-11H2,1H3,(H,25,27);1-4H,11H2;2,4,7H,3,5H2,1H3,(H,8,9);4,7H,1-3,6H2,(H,8,9);4,7H,1-3H2,(H,6,8)/t15-,17?,19?,20?;;7-;2*4-/m0.000/s1. The van der Waals surface area contributed by atoms with Crippen LogP contribution in [0, 0.1) is 5.92 Å². The van der Waals surface area contributed by atoms with Crippen molar-refractivity contribution in [1.82, 2.24) is 16.0 Å². The van der Waals surface area contributed by atoms with E-state index < -0.39 is 35.6 Å². The maximum atomic E-state index is 13.2. The van der Waals surface area contributed by atoms with E-state index in [2.05, 4.69) is 21.3 Å². The number of rotatable bonds is 8. The van der Waals surface area contributed by atoms with Crippen molar-refractivity contribution in [3.05, 3.63) is 107 Å². The third-order valence-corrected chi connectivity index (χ3v) is 10.2. The normalized spacial score (nSPS) is 22.0. The average Bonchev–Trinajstić information content (AvgIpc) is 3.70. The second kappa shape index (κ2) is 26.3. The van der Waals surface area contributed by atoms with Gasteiger partial charge >= 0.3 is 18.3 Å². The Morgan fingerprint density at radius 1 is 0.864 bits per heavy atom. The summed E-state index contributed by atoms with van der Waals surface area (Å²) >= 11 is 0. The van der Waals surface area contributed by atoms with Crippen LogP contribution in [0.4, 0.5) is 37.7 Å². The fourth-order valence-corrected chi connectivity index (χ4v) is 7.06. The van der Waals surface area contributed by atoms with Crippen LogP contribution < -0.4 is 32.7 Å². The quantitative estimate of drug-likeness (QED) is 0.0991. The lowest BCUT2D eigenvalue weighted by Gasteiger charge is -2.45. The van der Waals surface area contributed by atoms with E-state index in [9.17, 15) is 45.5 Å². The SMILES string of the molecule is CC(=O)N[C@@H]1COC2c3cc(C(F)(F)F)ccc3NC(c3ccccc3)C2C1.CC(=O)N[C@H]1CC=COC1.N[C@H](CO)CCC(=O)O.Nc1ccc(C(F)(F)F)cc1.O=C1CC[C@@H](CO)N1. The summed E-state index contributed by atoms with van der Waals surface area (Å²) in [7, 11) is 0. The molecule has 15 nitrogen and oxygen atoms in total. The Balaban J connectivity index is 0.000000250. The first-order chi connectivity index (χ1) is 31.1. The molecule has 66 heavy (non-hydrogen) atoms. The molecule has 3 amide bonds. The smallest absolute Gasteiger partial charge is 0.416 e. The van der Waals surface area contributed by atoms with Crippen LogP contribution in [0.25, 0.3) is 0 Å². The number of benzene rings is 3. The van der Waals surface area contributed by atoms with E-state index in [1.54, 1.807) is 6.26 Å². The van der Waals surface area contributed by atoms with E-state index >= 15 is 0 Å². The van der Waals surface area contributed by atoms with Gasteiger partial charge in [-0.15, -0.1) is 0 Å². The number of carboxylic acids is 1. The monoisotopic (exact) mass is 940 g/mol. The number of hydrogen-bond donors (Lipinski definition) is 9. The molecule has 0 saturated carbocycles. The zero-order valence-electron chi connectivity index (χ0n) is 36.4. The summed E-state index contributed by atoms with van der Waals surface area (Å²) in [5, 5.41) is 36.6. The number of nitrogen functional groups attached to an aromatic ring is 1. The second-order valence-corrected chi connectivity index (χ2v) is 15.7. The first-order valence-electron chi connectivity index (χ1n) is 21.0. The number of alkyl halides is 6. The molecule has 0 spiro atoms. The molecule has 0 aromatic heterocycles. The van der Waals surface area contributed by atoms with Gasteiger partial charge < -0.3 is 57.5 Å². The molecule has 3 aromatic carbocycles. The molecule has 4 aliphatic rings. The minimum Gasteiger partial charge on any atom is -0.499 e. The Labute approximate surface area is 378 Å². The van der Waals surface area contributed by atoms with Gasteiger partial charge in [-0.1, -0.05) is 30.3 Å². The van der Waals surface area contributed by atoms with Crippen molar-refractivity contribution in [2.75, 3.05) is 37.5 Å². The number of hydrogen-bond acceptors (Lipinski definition) is 11. The Kier molecular flexibility index (Phi) is 21.7. The predicted octanol–water partition coefficient (Wildman–Crippen LogP) is 5.60. The summed E-state index contributed by atoms with van der Waals surface area (Å²) in [6.45, 7) is 3.76. The summed E-state index contributed by atoms with van der Waals surface area (Å²) in [6.07, 6.45) is -2.35. The second-order valence-electron chi connectivity index (χ2n) is 15.7. The number of ether oxygens (including phenoxy) is 2. The number of amides is 3. The van der Waals surface area contributed by atoms with Gasteiger partial charge in [-0.05, 0) is 79.8 Å². The van der Waals surface area contributed by atoms with Crippen LogP contribution in [-0.2, 0) is 41.0 Å². The number of carboxylic acid groups (broad SMARTS) is 1. The molecule has 2 fully saturated rings. The highest BCUT2D eigenvalue weighted by atomic mass is 19.4. The van der Waals surface area contributed by atoms with Gasteiger partial charge in [0.05, 0.1) is 67.5 Å². The fraction of sp³-hybridized carbons (Fsp3) is 0.467. The molecule has 21 heteroatoms. The van der Waals surface area contributed by atoms with Gasteiger partial charge in [0.2, 0.25) is 17.7 Å². The summed E-state index contributed by atoms with van der Waals surface area (Å²) in [6, 6.07) is 17.4. The van der Waals surface area contributed by atoms with Crippen molar-refractivity contribution in [3.63, 3.8) is 0 Å². The zero-order valence-corrected chi connectivity index (χ0v) is 36.4.